The molecule has 1 aromatic rings. The molecule has 1 fully saturated rings. The van der Waals surface area contributed by atoms with E-state index in [1.165, 1.54) is 12.1 Å². The van der Waals surface area contributed by atoms with Crippen molar-refractivity contribution in [3.63, 3.8) is 0 Å². The number of nitrogens with two attached hydrogens (primary N) is 1. The molecule has 0 bridgehead atoms. The number of amides is 2. The van der Waals surface area contributed by atoms with E-state index in [9.17, 15) is 14.0 Å². The Balaban J connectivity index is 1.90. The van der Waals surface area contributed by atoms with Crippen molar-refractivity contribution in [2.75, 3.05) is 19.6 Å². The highest BCUT2D eigenvalue weighted by Crippen LogP contribution is 2.13. The molecule has 1 aliphatic rings. The van der Waals surface area contributed by atoms with Crippen LogP contribution < -0.4 is 11.1 Å². The highest BCUT2D eigenvalue weighted by molar-refractivity contribution is 5.95. The molecule has 2 amide bonds. The highest BCUT2D eigenvalue weighted by Gasteiger charge is 2.22. The van der Waals surface area contributed by atoms with Gasteiger partial charge in [-0.05, 0) is 37.5 Å². The van der Waals surface area contributed by atoms with Gasteiger partial charge in [-0.2, -0.15) is 0 Å². The van der Waals surface area contributed by atoms with Gasteiger partial charge in [-0.3, -0.25) is 14.5 Å². The molecule has 6 heteroatoms. The van der Waals surface area contributed by atoms with Crippen LogP contribution in [0.1, 0.15) is 28.8 Å². The lowest BCUT2D eigenvalue weighted by atomic mass is 10.0. The number of carbonyl (C=O) groups excluding carboxylic acids is 2. The third-order valence-electron chi connectivity index (χ3n) is 3.75. The van der Waals surface area contributed by atoms with Crippen molar-refractivity contribution in [1.29, 1.82) is 0 Å². The lowest BCUT2D eigenvalue weighted by molar-refractivity contribution is -0.119. The van der Waals surface area contributed by atoms with Gasteiger partial charge in [0.2, 0.25) is 5.91 Å². The van der Waals surface area contributed by atoms with E-state index in [4.69, 9.17) is 5.73 Å². The van der Waals surface area contributed by atoms with Gasteiger partial charge in [0, 0.05) is 24.7 Å². The molecule has 0 atom stereocenters. The Kier molecular flexibility index (Phi) is 4.90. The number of piperidine rings is 1. The summed E-state index contributed by atoms with van der Waals surface area (Å²) in [5.41, 5.74) is 6.28. The maximum absolute atomic E-state index is 13.2. The molecule has 2 rings (SSSR count). The molecule has 3 N–H and O–H groups in total. The minimum atomic E-state index is -0.415. The van der Waals surface area contributed by atoms with Crippen molar-refractivity contribution >= 4 is 11.8 Å². The molecule has 1 heterocycles. The number of primary amides is 1. The number of rotatable bonds is 4. The second kappa shape index (κ2) is 6.67. The van der Waals surface area contributed by atoms with E-state index < -0.39 is 5.82 Å². The summed E-state index contributed by atoms with van der Waals surface area (Å²) in [6.07, 6.45) is 1.51. The zero-order valence-electron chi connectivity index (χ0n) is 12.1. The summed E-state index contributed by atoms with van der Waals surface area (Å²) in [6.45, 7) is 3.47. The third-order valence-corrected chi connectivity index (χ3v) is 3.75. The number of halogens is 1. The fraction of sp³-hybridized carbons (Fsp3) is 0.467. The van der Waals surface area contributed by atoms with Gasteiger partial charge in [0.25, 0.3) is 5.91 Å². The van der Waals surface area contributed by atoms with Crippen molar-refractivity contribution in [1.82, 2.24) is 10.2 Å². The Labute approximate surface area is 123 Å². The maximum atomic E-state index is 13.2. The van der Waals surface area contributed by atoms with Gasteiger partial charge in [0.1, 0.15) is 5.82 Å². The van der Waals surface area contributed by atoms with Crippen LogP contribution in [0.2, 0.25) is 0 Å². The molecular weight excluding hydrogens is 273 g/mol. The first kappa shape index (κ1) is 15.4. The summed E-state index contributed by atoms with van der Waals surface area (Å²) >= 11 is 0. The number of carbonyl (C=O) groups is 2. The van der Waals surface area contributed by atoms with Crippen molar-refractivity contribution in [2.45, 2.75) is 25.8 Å². The molecule has 5 nitrogen and oxygen atoms in total. The van der Waals surface area contributed by atoms with Crippen LogP contribution in [0.5, 0.6) is 0 Å². The average molecular weight is 293 g/mol. The van der Waals surface area contributed by atoms with Crippen molar-refractivity contribution in [3.8, 4) is 0 Å². The molecule has 1 aliphatic heterocycles. The molecule has 114 valence electrons. The summed E-state index contributed by atoms with van der Waals surface area (Å²) < 4.78 is 13.2. The fourth-order valence-electron chi connectivity index (χ4n) is 2.56. The molecular formula is C15H20FN3O2. The van der Waals surface area contributed by atoms with Crippen LogP contribution in [0.3, 0.4) is 0 Å². The first-order valence-electron chi connectivity index (χ1n) is 7.03. The minimum absolute atomic E-state index is 0.0456. The summed E-state index contributed by atoms with van der Waals surface area (Å²) in [4.78, 5) is 25.0. The molecule has 1 saturated heterocycles. The second-order valence-electron chi connectivity index (χ2n) is 5.45. The smallest absolute Gasteiger partial charge is 0.251 e. The average Bonchev–Trinajstić information content (AvgIpc) is 2.43. The zero-order chi connectivity index (χ0) is 15.4. The monoisotopic (exact) mass is 293 g/mol. The fourth-order valence-corrected chi connectivity index (χ4v) is 2.56. The predicted molar refractivity (Wildman–Crippen MR) is 77.3 cm³/mol. The van der Waals surface area contributed by atoms with Crippen LogP contribution >= 0.6 is 0 Å². The number of benzene rings is 1. The topological polar surface area (TPSA) is 75.4 Å². The Hall–Kier alpha value is -1.95. The SMILES string of the molecule is Cc1ccc(F)cc1C(=O)NC1CCN(CC(N)=O)CC1. The molecule has 0 spiro atoms. The first-order chi connectivity index (χ1) is 9.95. The van der Waals surface area contributed by atoms with Crippen molar-refractivity contribution in [2.24, 2.45) is 5.73 Å². The molecule has 1 aromatic carbocycles. The van der Waals surface area contributed by atoms with E-state index in [1.54, 1.807) is 13.0 Å². The Morgan fingerprint density at radius 1 is 1.38 bits per heavy atom. The van der Waals surface area contributed by atoms with Gasteiger partial charge in [-0.1, -0.05) is 6.07 Å². The van der Waals surface area contributed by atoms with Crippen molar-refractivity contribution < 1.29 is 14.0 Å². The lowest BCUT2D eigenvalue weighted by Crippen LogP contribution is -2.46. The maximum Gasteiger partial charge on any atom is 0.251 e. The third kappa shape index (κ3) is 4.26. The molecule has 0 aliphatic carbocycles. The Bertz CT molecular complexity index is 540. The molecule has 0 radical (unpaired) electrons. The van der Waals surface area contributed by atoms with E-state index >= 15 is 0 Å². The zero-order valence-corrected chi connectivity index (χ0v) is 12.1. The largest absolute Gasteiger partial charge is 0.369 e. The summed E-state index contributed by atoms with van der Waals surface area (Å²) in [6, 6.07) is 4.24. The molecule has 0 aromatic heterocycles. The standard InChI is InChI=1S/C15H20FN3O2/c1-10-2-3-11(16)8-13(10)15(21)18-12-4-6-19(7-5-12)9-14(17)20/h2-3,8,12H,4-7,9H2,1H3,(H2,17,20)(H,18,21). The van der Waals surface area contributed by atoms with Crippen LogP contribution in [0.15, 0.2) is 18.2 Å². The van der Waals surface area contributed by atoms with Gasteiger partial charge in [-0.25, -0.2) is 4.39 Å². The number of nitrogens with zero attached hydrogens (tertiary/aromatic N) is 1. The van der Waals surface area contributed by atoms with Gasteiger partial charge in [0.15, 0.2) is 0 Å². The van der Waals surface area contributed by atoms with Crippen LogP contribution in [-0.2, 0) is 4.79 Å². The number of aryl methyl sites for hydroxylation is 1. The van der Waals surface area contributed by atoms with Crippen LogP contribution in [-0.4, -0.2) is 42.4 Å². The summed E-state index contributed by atoms with van der Waals surface area (Å²) in [5, 5.41) is 2.93. The van der Waals surface area contributed by atoms with Gasteiger partial charge < -0.3 is 11.1 Å². The number of hydrogen-bond acceptors (Lipinski definition) is 3. The van der Waals surface area contributed by atoms with E-state index in [2.05, 4.69) is 5.32 Å². The second-order valence-corrected chi connectivity index (χ2v) is 5.45. The van der Waals surface area contributed by atoms with Crippen molar-refractivity contribution in [3.05, 3.63) is 35.1 Å². The van der Waals surface area contributed by atoms with Crippen LogP contribution in [0.25, 0.3) is 0 Å². The molecule has 21 heavy (non-hydrogen) atoms. The number of likely N-dealkylation sites (tertiary alicyclic amines) is 1. The van der Waals surface area contributed by atoms with E-state index in [1.807, 2.05) is 4.90 Å². The summed E-state index contributed by atoms with van der Waals surface area (Å²) in [7, 11) is 0. The first-order valence-corrected chi connectivity index (χ1v) is 7.03. The van der Waals surface area contributed by atoms with E-state index in [-0.39, 0.29) is 24.4 Å². The quantitative estimate of drug-likeness (QED) is 0.863. The number of hydrogen-bond donors (Lipinski definition) is 2. The minimum Gasteiger partial charge on any atom is -0.369 e. The van der Waals surface area contributed by atoms with E-state index in [0.29, 0.717) is 5.56 Å². The molecule has 0 unspecified atom stereocenters. The lowest BCUT2D eigenvalue weighted by Gasteiger charge is -2.31. The Morgan fingerprint density at radius 3 is 2.67 bits per heavy atom. The number of nitrogens with one attached hydrogen (secondary N) is 1. The highest BCUT2D eigenvalue weighted by atomic mass is 19.1. The predicted octanol–water partition coefficient (Wildman–Crippen LogP) is 0.814. The van der Waals surface area contributed by atoms with Gasteiger partial charge >= 0.3 is 0 Å². The summed E-state index contributed by atoms with van der Waals surface area (Å²) in [5.74, 6) is -1.00. The molecule has 0 saturated carbocycles. The van der Waals surface area contributed by atoms with Crippen LogP contribution in [0.4, 0.5) is 4.39 Å². The van der Waals surface area contributed by atoms with Gasteiger partial charge in [0.05, 0.1) is 6.54 Å². The van der Waals surface area contributed by atoms with Crippen LogP contribution in [0, 0.1) is 12.7 Å². The normalized spacial score (nSPS) is 16.7. The Morgan fingerprint density at radius 2 is 2.05 bits per heavy atom. The van der Waals surface area contributed by atoms with Gasteiger partial charge in [-0.15, -0.1) is 0 Å². The van der Waals surface area contributed by atoms with E-state index in [0.717, 1.165) is 31.5 Å².